The van der Waals surface area contributed by atoms with Crippen molar-refractivity contribution in [3.05, 3.63) is 59.2 Å². The van der Waals surface area contributed by atoms with Gasteiger partial charge in [-0.05, 0) is 55.2 Å². The van der Waals surface area contributed by atoms with E-state index in [2.05, 4.69) is 73.6 Å². The molecule has 21 heavy (non-hydrogen) atoms. The average Bonchev–Trinajstić information content (AvgIpc) is 2.87. The van der Waals surface area contributed by atoms with Gasteiger partial charge in [0.25, 0.3) is 0 Å². The highest BCUT2D eigenvalue weighted by atomic mass is 15.1. The molecule has 0 radical (unpaired) electrons. The molecule has 0 saturated carbocycles. The molecule has 2 heteroatoms. The Balaban J connectivity index is 1.65. The molecule has 2 aromatic rings. The average molecular weight is 280 g/mol. The molecule has 2 nitrogen and oxygen atoms in total. The third-order valence-electron chi connectivity index (χ3n) is 4.40. The van der Waals surface area contributed by atoms with Crippen molar-refractivity contribution >= 4 is 11.4 Å². The molecule has 2 aromatic carbocycles. The van der Waals surface area contributed by atoms with Gasteiger partial charge in [-0.2, -0.15) is 0 Å². The molecule has 1 unspecified atom stereocenters. The van der Waals surface area contributed by atoms with E-state index >= 15 is 0 Å². The molecular weight excluding hydrogens is 256 g/mol. The topological polar surface area (TPSA) is 15.3 Å². The number of anilines is 2. The van der Waals surface area contributed by atoms with Crippen molar-refractivity contribution in [1.29, 1.82) is 0 Å². The van der Waals surface area contributed by atoms with E-state index in [4.69, 9.17) is 0 Å². The third kappa shape index (κ3) is 3.05. The summed E-state index contributed by atoms with van der Waals surface area (Å²) >= 11 is 0. The summed E-state index contributed by atoms with van der Waals surface area (Å²) in [5, 5.41) is 3.51. The Bertz CT molecular complexity index is 613. The lowest BCUT2D eigenvalue weighted by atomic mass is 9.97. The van der Waals surface area contributed by atoms with Gasteiger partial charge in [0, 0.05) is 37.4 Å². The zero-order chi connectivity index (χ0) is 14.8. The van der Waals surface area contributed by atoms with E-state index in [0.717, 1.165) is 13.1 Å². The number of nitrogens with one attached hydrogen (secondary N) is 1. The van der Waals surface area contributed by atoms with Gasteiger partial charge in [0.1, 0.15) is 0 Å². The molecular formula is C19H24N2. The Morgan fingerprint density at radius 3 is 2.57 bits per heavy atom. The first kappa shape index (κ1) is 14.0. The fraction of sp³-hybridized carbons (Fsp3) is 0.368. The van der Waals surface area contributed by atoms with Crippen LogP contribution in [0.1, 0.15) is 29.0 Å². The van der Waals surface area contributed by atoms with Crippen molar-refractivity contribution in [3.63, 3.8) is 0 Å². The molecule has 0 bridgehead atoms. The van der Waals surface area contributed by atoms with Gasteiger partial charge in [0.15, 0.2) is 0 Å². The summed E-state index contributed by atoms with van der Waals surface area (Å²) in [5.41, 5.74) is 6.80. The lowest BCUT2D eigenvalue weighted by Gasteiger charge is -2.22. The number of aryl methyl sites for hydroxylation is 2. The quantitative estimate of drug-likeness (QED) is 0.896. The van der Waals surface area contributed by atoms with Gasteiger partial charge in [0.05, 0.1) is 0 Å². The molecule has 110 valence electrons. The van der Waals surface area contributed by atoms with Gasteiger partial charge < -0.3 is 10.2 Å². The van der Waals surface area contributed by atoms with E-state index in [9.17, 15) is 0 Å². The second-order valence-electron chi connectivity index (χ2n) is 6.22. The normalized spacial score (nSPS) is 16.4. The Labute approximate surface area is 127 Å². The summed E-state index contributed by atoms with van der Waals surface area (Å²) in [6.07, 6.45) is 1.19. The molecule has 1 atom stereocenters. The Morgan fingerprint density at radius 2 is 1.81 bits per heavy atom. The number of benzene rings is 2. The van der Waals surface area contributed by atoms with Crippen LogP contribution in [0.4, 0.5) is 11.4 Å². The highest BCUT2D eigenvalue weighted by molar-refractivity contribution is 5.57. The molecule has 0 fully saturated rings. The van der Waals surface area contributed by atoms with Gasteiger partial charge in [-0.25, -0.2) is 0 Å². The number of nitrogens with zero attached hydrogens (tertiary/aromatic N) is 1. The van der Waals surface area contributed by atoms with E-state index in [1.807, 2.05) is 0 Å². The molecule has 1 heterocycles. The van der Waals surface area contributed by atoms with Crippen molar-refractivity contribution < 1.29 is 0 Å². The third-order valence-corrected chi connectivity index (χ3v) is 4.40. The van der Waals surface area contributed by atoms with Crippen LogP contribution in [0, 0.1) is 13.8 Å². The van der Waals surface area contributed by atoms with Crippen molar-refractivity contribution in [3.8, 4) is 0 Å². The van der Waals surface area contributed by atoms with E-state index in [1.54, 1.807) is 0 Å². The second-order valence-corrected chi connectivity index (χ2v) is 6.22. The molecule has 0 aromatic heterocycles. The number of hydrogen-bond donors (Lipinski definition) is 1. The van der Waals surface area contributed by atoms with E-state index in [-0.39, 0.29) is 0 Å². The predicted octanol–water partition coefficient (Wildman–Crippen LogP) is 4.34. The number of para-hydroxylation sites is 1. The van der Waals surface area contributed by atoms with Crippen LogP contribution in [0.15, 0.2) is 42.5 Å². The Kier molecular flexibility index (Phi) is 3.87. The fourth-order valence-electron chi connectivity index (χ4n) is 3.26. The summed E-state index contributed by atoms with van der Waals surface area (Å²) in [7, 11) is 2.20. The van der Waals surface area contributed by atoms with Crippen LogP contribution in [0.5, 0.6) is 0 Å². The summed E-state index contributed by atoms with van der Waals surface area (Å²) < 4.78 is 0. The smallest absolute Gasteiger partial charge is 0.0376 e. The molecule has 1 aliphatic heterocycles. The highest BCUT2D eigenvalue weighted by Gasteiger charge is 2.21. The summed E-state index contributed by atoms with van der Waals surface area (Å²) in [6.45, 7) is 6.49. The maximum atomic E-state index is 3.51. The van der Waals surface area contributed by atoms with Crippen LogP contribution in [-0.2, 0) is 0 Å². The number of rotatable bonds is 4. The van der Waals surface area contributed by atoms with E-state index in [0.29, 0.717) is 5.92 Å². The maximum absolute atomic E-state index is 3.51. The van der Waals surface area contributed by atoms with Crippen LogP contribution in [0.3, 0.4) is 0 Å². The fourth-order valence-corrected chi connectivity index (χ4v) is 3.26. The first-order valence-electron chi connectivity index (χ1n) is 7.76. The monoisotopic (exact) mass is 280 g/mol. The minimum atomic E-state index is 0.634. The second kappa shape index (κ2) is 5.80. The van der Waals surface area contributed by atoms with Crippen LogP contribution in [-0.4, -0.2) is 20.1 Å². The lowest BCUT2D eigenvalue weighted by Crippen LogP contribution is -2.21. The number of hydrogen-bond acceptors (Lipinski definition) is 2. The summed E-state index contributed by atoms with van der Waals surface area (Å²) in [5.74, 6) is 0.634. The van der Waals surface area contributed by atoms with Crippen LogP contribution < -0.4 is 10.2 Å². The first-order valence-corrected chi connectivity index (χ1v) is 7.76. The lowest BCUT2D eigenvalue weighted by molar-refractivity contribution is 0.667. The standard InChI is InChI=1S/C19H24N2/c1-14-10-15(2)12-17(11-14)21(3)9-8-16-13-20-19-7-5-4-6-18(16)19/h4-7,10-12,16,20H,8-9,13H2,1-3H3. The van der Waals surface area contributed by atoms with Gasteiger partial charge >= 0.3 is 0 Å². The van der Waals surface area contributed by atoms with Crippen LogP contribution >= 0.6 is 0 Å². The minimum absolute atomic E-state index is 0.634. The van der Waals surface area contributed by atoms with Crippen molar-refractivity contribution in [1.82, 2.24) is 0 Å². The SMILES string of the molecule is Cc1cc(C)cc(N(C)CCC2CNc3ccccc32)c1. The van der Waals surface area contributed by atoms with Gasteiger partial charge in [-0.3, -0.25) is 0 Å². The van der Waals surface area contributed by atoms with Crippen LogP contribution in [0.25, 0.3) is 0 Å². The van der Waals surface area contributed by atoms with Gasteiger partial charge in [-0.1, -0.05) is 24.3 Å². The van der Waals surface area contributed by atoms with Crippen molar-refractivity contribution in [2.75, 3.05) is 30.4 Å². The molecule has 1 N–H and O–H groups in total. The Hall–Kier alpha value is -1.96. The minimum Gasteiger partial charge on any atom is -0.384 e. The van der Waals surface area contributed by atoms with Crippen molar-refractivity contribution in [2.45, 2.75) is 26.2 Å². The number of fused-ring (bicyclic) bond motifs is 1. The highest BCUT2D eigenvalue weighted by Crippen LogP contribution is 2.33. The molecule has 1 aliphatic rings. The molecule has 0 amide bonds. The maximum Gasteiger partial charge on any atom is 0.0376 e. The predicted molar refractivity (Wildman–Crippen MR) is 91.5 cm³/mol. The zero-order valence-electron chi connectivity index (χ0n) is 13.2. The largest absolute Gasteiger partial charge is 0.384 e. The molecule has 3 rings (SSSR count). The Morgan fingerprint density at radius 1 is 1.10 bits per heavy atom. The summed E-state index contributed by atoms with van der Waals surface area (Å²) in [4.78, 5) is 2.38. The zero-order valence-corrected chi connectivity index (χ0v) is 13.2. The van der Waals surface area contributed by atoms with Gasteiger partial charge in [0.2, 0.25) is 0 Å². The first-order chi connectivity index (χ1) is 10.1. The molecule has 0 aliphatic carbocycles. The van der Waals surface area contributed by atoms with E-state index < -0.39 is 0 Å². The molecule has 0 spiro atoms. The van der Waals surface area contributed by atoms with E-state index in [1.165, 1.54) is 34.5 Å². The van der Waals surface area contributed by atoms with Gasteiger partial charge in [-0.15, -0.1) is 0 Å². The van der Waals surface area contributed by atoms with Crippen molar-refractivity contribution in [2.24, 2.45) is 0 Å². The summed E-state index contributed by atoms with van der Waals surface area (Å²) in [6, 6.07) is 15.5. The molecule has 0 saturated heterocycles. The van der Waals surface area contributed by atoms with Crippen LogP contribution in [0.2, 0.25) is 0 Å².